The van der Waals surface area contributed by atoms with Gasteiger partial charge in [0, 0.05) is 12.0 Å². The standard InChI is InChI=1S/C13H20N4O3/c1-13(2,3)12-14-10(15-16-12)11(20)17(7-9(18)19)6-8-4-5-8/h8H,4-7H2,1-3H3,(H,18,19)(H,14,15,16). The third-order valence-electron chi connectivity index (χ3n) is 3.18. The smallest absolute Gasteiger partial charge is 0.323 e. The van der Waals surface area contributed by atoms with Crippen molar-refractivity contribution in [1.82, 2.24) is 20.1 Å². The number of H-pyrrole nitrogens is 1. The van der Waals surface area contributed by atoms with E-state index in [1.807, 2.05) is 20.8 Å². The first kappa shape index (κ1) is 14.5. The van der Waals surface area contributed by atoms with Gasteiger partial charge in [-0.05, 0) is 18.8 Å². The summed E-state index contributed by atoms with van der Waals surface area (Å²) in [4.78, 5) is 28.7. The van der Waals surface area contributed by atoms with E-state index in [-0.39, 0.29) is 17.8 Å². The van der Waals surface area contributed by atoms with Gasteiger partial charge in [0.25, 0.3) is 5.91 Å². The Balaban J connectivity index is 2.13. The lowest BCUT2D eigenvalue weighted by Gasteiger charge is -2.18. The number of aliphatic carboxylic acids is 1. The van der Waals surface area contributed by atoms with Crippen LogP contribution in [0.5, 0.6) is 0 Å². The highest BCUT2D eigenvalue weighted by Crippen LogP contribution is 2.30. The van der Waals surface area contributed by atoms with Crippen molar-refractivity contribution in [2.45, 2.75) is 39.0 Å². The number of rotatable bonds is 5. The fourth-order valence-electron chi connectivity index (χ4n) is 1.83. The molecule has 0 radical (unpaired) electrons. The molecule has 0 bridgehead atoms. The van der Waals surface area contributed by atoms with Gasteiger partial charge >= 0.3 is 5.97 Å². The van der Waals surface area contributed by atoms with Gasteiger partial charge in [-0.2, -0.15) is 0 Å². The Hall–Kier alpha value is -1.92. The molecule has 0 atom stereocenters. The summed E-state index contributed by atoms with van der Waals surface area (Å²) in [6.07, 6.45) is 2.09. The number of amides is 1. The SMILES string of the molecule is CC(C)(C)c1nc(C(=O)N(CC(=O)O)CC2CC2)n[nH]1. The molecule has 20 heavy (non-hydrogen) atoms. The summed E-state index contributed by atoms with van der Waals surface area (Å²) >= 11 is 0. The molecule has 7 heteroatoms. The van der Waals surface area contributed by atoms with Gasteiger partial charge in [0.2, 0.25) is 5.82 Å². The molecule has 7 nitrogen and oxygen atoms in total. The molecule has 2 rings (SSSR count). The van der Waals surface area contributed by atoms with Gasteiger partial charge in [0.05, 0.1) is 0 Å². The highest BCUT2D eigenvalue weighted by molar-refractivity contribution is 5.92. The summed E-state index contributed by atoms with van der Waals surface area (Å²) in [5.41, 5.74) is -0.236. The zero-order valence-corrected chi connectivity index (χ0v) is 12.0. The summed E-state index contributed by atoms with van der Waals surface area (Å²) in [7, 11) is 0. The van der Waals surface area contributed by atoms with E-state index in [0.29, 0.717) is 18.3 Å². The molecule has 1 heterocycles. The number of nitrogens with one attached hydrogen (secondary N) is 1. The lowest BCUT2D eigenvalue weighted by Crippen LogP contribution is -2.37. The Kier molecular flexibility index (Phi) is 3.78. The quantitative estimate of drug-likeness (QED) is 0.839. The highest BCUT2D eigenvalue weighted by atomic mass is 16.4. The van der Waals surface area contributed by atoms with Crippen LogP contribution < -0.4 is 0 Å². The number of nitrogens with zero attached hydrogens (tertiary/aromatic N) is 3. The zero-order valence-electron chi connectivity index (χ0n) is 12.0. The number of aromatic amines is 1. The summed E-state index contributed by atoms with van der Waals surface area (Å²) < 4.78 is 0. The summed E-state index contributed by atoms with van der Waals surface area (Å²) in [5, 5.41) is 15.6. The van der Waals surface area contributed by atoms with Crippen LogP contribution in [0, 0.1) is 5.92 Å². The van der Waals surface area contributed by atoms with Crippen molar-refractivity contribution >= 4 is 11.9 Å². The number of carbonyl (C=O) groups excluding carboxylic acids is 1. The zero-order chi connectivity index (χ0) is 14.9. The van der Waals surface area contributed by atoms with Crippen LogP contribution in [-0.2, 0) is 10.2 Å². The first-order valence-electron chi connectivity index (χ1n) is 6.71. The van der Waals surface area contributed by atoms with Gasteiger partial charge in [0.1, 0.15) is 12.4 Å². The third kappa shape index (κ3) is 3.55. The molecule has 1 aliphatic carbocycles. The van der Waals surface area contributed by atoms with Crippen molar-refractivity contribution in [3.05, 3.63) is 11.6 Å². The number of carbonyl (C=O) groups is 2. The molecular formula is C13H20N4O3. The molecule has 1 fully saturated rings. The minimum Gasteiger partial charge on any atom is -0.480 e. The second kappa shape index (κ2) is 5.22. The number of carboxylic acids is 1. The maximum Gasteiger partial charge on any atom is 0.323 e. The fraction of sp³-hybridized carbons (Fsp3) is 0.692. The molecule has 1 saturated carbocycles. The van der Waals surface area contributed by atoms with Gasteiger partial charge in [-0.1, -0.05) is 20.8 Å². The molecule has 0 spiro atoms. The normalized spacial score (nSPS) is 15.2. The van der Waals surface area contributed by atoms with E-state index in [1.54, 1.807) is 0 Å². The Morgan fingerprint density at radius 3 is 2.50 bits per heavy atom. The predicted molar refractivity (Wildman–Crippen MR) is 71.3 cm³/mol. The first-order chi connectivity index (χ1) is 9.27. The van der Waals surface area contributed by atoms with Crippen molar-refractivity contribution in [3.63, 3.8) is 0 Å². The first-order valence-corrected chi connectivity index (χ1v) is 6.71. The molecule has 1 aromatic heterocycles. The second-order valence-electron chi connectivity index (χ2n) is 6.28. The van der Waals surface area contributed by atoms with Gasteiger partial charge in [-0.3, -0.25) is 14.7 Å². The van der Waals surface area contributed by atoms with Crippen LogP contribution in [0.15, 0.2) is 0 Å². The van der Waals surface area contributed by atoms with E-state index < -0.39 is 11.9 Å². The topological polar surface area (TPSA) is 99.2 Å². The van der Waals surface area contributed by atoms with Crippen molar-refractivity contribution in [1.29, 1.82) is 0 Å². The van der Waals surface area contributed by atoms with E-state index in [2.05, 4.69) is 15.2 Å². The van der Waals surface area contributed by atoms with Crippen LogP contribution in [0.2, 0.25) is 0 Å². The molecule has 0 aromatic carbocycles. The Labute approximate surface area is 117 Å². The lowest BCUT2D eigenvalue weighted by atomic mass is 9.96. The lowest BCUT2D eigenvalue weighted by molar-refractivity contribution is -0.137. The van der Waals surface area contributed by atoms with Crippen molar-refractivity contribution < 1.29 is 14.7 Å². The second-order valence-corrected chi connectivity index (χ2v) is 6.28. The molecule has 1 amide bonds. The molecule has 110 valence electrons. The van der Waals surface area contributed by atoms with Crippen LogP contribution in [-0.4, -0.2) is 50.2 Å². The van der Waals surface area contributed by atoms with E-state index in [0.717, 1.165) is 12.8 Å². The van der Waals surface area contributed by atoms with E-state index in [4.69, 9.17) is 5.11 Å². The van der Waals surface area contributed by atoms with Crippen LogP contribution in [0.25, 0.3) is 0 Å². The van der Waals surface area contributed by atoms with E-state index in [9.17, 15) is 9.59 Å². The van der Waals surface area contributed by atoms with E-state index in [1.165, 1.54) is 4.90 Å². The number of hydrogen-bond acceptors (Lipinski definition) is 4. The minimum atomic E-state index is -1.02. The van der Waals surface area contributed by atoms with Gasteiger partial charge in [-0.25, -0.2) is 4.98 Å². The van der Waals surface area contributed by atoms with Crippen molar-refractivity contribution in [2.24, 2.45) is 5.92 Å². The van der Waals surface area contributed by atoms with Gasteiger partial charge in [-0.15, -0.1) is 5.10 Å². The maximum absolute atomic E-state index is 12.3. The molecule has 0 saturated heterocycles. The molecule has 1 aromatic rings. The average Bonchev–Trinajstić information content (AvgIpc) is 2.98. The number of hydrogen-bond donors (Lipinski definition) is 2. The summed E-state index contributed by atoms with van der Waals surface area (Å²) in [5.74, 6) is -0.379. The van der Waals surface area contributed by atoms with Gasteiger partial charge < -0.3 is 10.0 Å². The Morgan fingerprint density at radius 1 is 1.40 bits per heavy atom. The van der Waals surface area contributed by atoms with Crippen molar-refractivity contribution in [2.75, 3.05) is 13.1 Å². The third-order valence-corrected chi connectivity index (χ3v) is 3.18. The Bertz CT molecular complexity index is 514. The van der Waals surface area contributed by atoms with E-state index >= 15 is 0 Å². The molecular weight excluding hydrogens is 260 g/mol. The highest BCUT2D eigenvalue weighted by Gasteiger charge is 2.30. The molecule has 1 aliphatic rings. The average molecular weight is 280 g/mol. The van der Waals surface area contributed by atoms with Gasteiger partial charge in [0.15, 0.2) is 0 Å². The van der Waals surface area contributed by atoms with Crippen LogP contribution in [0.1, 0.15) is 50.1 Å². The minimum absolute atomic E-state index is 0.0387. The maximum atomic E-state index is 12.3. The predicted octanol–water partition coefficient (Wildman–Crippen LogP) is 1.04. The number of aromatic nitrogens is 3. The molecule has 0 unspecified atom stereocenters. The van der Waals surface area contributed by atoms with Crippen LogP contribution >= 0.6 is 0 Å². The fourth-order valence-corrected chi connectivity index (χ4v) is 1.83. The van der Waals surface area contributed by atoms with Crippen molar-refractivity contribution in [3.8, 4) is 0 Å². The Morgan fingerprint density at radius 2 is 2.05 bits per heavy atom. The monoisotopic (exact) mass is 280 g/mol. The summed E-state index contributed by atoms with van der Waals surface area (Å²) in [6, 6.07) is 0. The largest absolute Gasteiger partial charge is 0.480 e. The summed E-state index contributed by atoms with van der Waals surface area (Å²) in [6.45, 7) is 6.03. The number of carboxylic acid groups (broad SMARTS) is 1. The van der Waals surface area contributed by atoms with Crippen LogP contribution in [0.4, 0.5) is 0 Å². The molecule has 2 N–H and O–H groups in total. The van der Waals surface area contributed by atoms with Crippen LogP contribution in [0.3, 0.4) is 0 Å². The molecule has 0 aliphatic heterocycles.